The van der Waals surface area contributed by atoms with Gasteiger partial charge in [-0.1, -0.05) is 0 Å². The van der Waals surface area contributed by atoms with Gasteiger partial charge in [0, 0.05) is 13.1 Å². The van der Waals surface area contributed by atoms with Gasteiger partial charge in [-0.05, 0) is 0 Å². The molecule has 1 rings (SSSR count). The zero-order valence-electron chi connectivity index (χ0n) is 9.32. The number of anilines is 2. The van der Waals surface area contributed by atoms with E-state index in [9.17, 15) is 18.0 Å². The Kier molecular flexibility index (Phi) is 3.91. The summed E-state index contributed by atoms with van der Waals surface area (Å²) in [5.74, 6) is 2.62. The van der Waals surface area contributed by atoms with Gasteiger partial charge in [-0.3, -0.25) is 4.79 Å². The van der Waals surface area contributed by atoms with E-state index in [-0.39, 0.29) is 18.2 Å². The first-order chi connectivity index (χ1) is 8.24. The quantitative estimate of drug-likeness (QED) is 0.509. The normalized spacial score (nSPS) is 11.2. The van der Waals surface area contributed by atoms with Crippen LogP contribution in [0.25, 0.3) is 0 Å². The molecule has 0 aliphatic carbocycles. The number of nitrogens with one attached hydrogen (secondary N) is 1. The lowest BCUT2D eigenvalue weighted by Gasteiger charge is -2.18. The van der Waals surface area contributed by atoms with Crippen LogP contribution in [0.2, 0.25) is 0 Å². The van der Waals surface area contributed by atoms with Crippen LogP contribution in [0.5, 0.6) is 0 Å². The van der Waals surface area contributed by atoms with E-state index in [1.165, 1.54) is 7.05 Å². The van der Waals surface area contributed by atoms with Gasteiger partial charge in [-0.15, -0.1) is 0 Å². The molecule has 0 bridgehead atoms. The molecule has 0 atom stereocenters. The van der Waals surface area contributed by atoms with Gasteiger partial charge in [0.1, 0.15) is 11.6 Å². The lowest BCUT2D eigenvalue weighted by atomic mass is 10.4. The predicted molar refractivity (Wildman–Crippen MR) is 57.3 cm³/mol. The minimum Gasteiger partial charge on any atom is -0.368 e. The molecule has 0 fully saturated rings. The first kappa shape index (κ1) is 14.0. The van der Waals surface area contributed by atoms with Crippen LogP contribution in [0.3, 0.4) is 0 Å². The zero-order valence-corrected chi connectivity index (χ0v) is 9.32. The molecule has 1 aromatic rings. The summed E-state index contributed by atoms with van der Waals surface area (Å²) < 4.78 is 37.5. The summed E-state index contributed by atoms with van der Waals surface area (Å²) in [6.07, 6.45) is -4.71. The number of halogens is 3. The van der Waals surface area contributed by atoms with Gasteiger partial charge < -0.3 is 16.1 Å². The lowest BCUT2D eigenvalue weighted by molar-refractivity contribution is -0.144. The summed E-state index contributed by atoms with van der Waals surface area (Å²) in [6, 6.07) is 1.16. The van der Waals surface area contributed by atoms with E-state index in [0.29, 0.717) is 0 Å². The molecule has 1 amide bonds. The highest BCUT2D eigenvalue weighted by atomic mass is 19.4. The van der Waals surface area contributed by atoms with E-state index in [4.69, 9.17) is 11.6 Å². The third-order valence-corrected chi connectivity index (χ3v) is 1.90. The second kappa shape index (κ2) is 5.04. The number of amides is 1. The standard InChI is InChI=1S/C8H11F3N6O/c1-17(3-4(12)18)6-2-5(16-13)14-7(15-6)8(9,10)11/h2H,3,13H2,1H3,(H2,12,18)(H,14,15,16). The Bertz CT molecular complexity index is 449. The van der Waals surface area contributed by atoms with Gasteiger partial charge in [0.2, 0.25) is 11.7 Å². The molecule has 0 radical (unpaired) electrons. The highest BCUT2D eigenvalue weighted by Crippen LogP contribution is 2.28. The molecular weight excluding hydrogens is 253 g/mol. The van der Waals surface area contributed by atoms with Gasteiger partial charge in [0.05, 0.1) is 6.54 Å². The fourth-order valence-corrected chi connectivity index (χ4v) is 1.15. The number of nitrogens with two attached hydrogens (primary N) is 2. The Hall–Kier alpha value is -2.10. The van der Waals surface area contributed by atoms with Crippen molar-refractivity contribution in [3.63, 3.8) is 0 Å². The molecule has 18 heavy (non-hydrogen) atoms. The molecule has 10 heteroatoms. The van der Waals surface area contributed by atoms with Crippen LogP contribution in [0.4, 0.5) is 24.8 Å². The molecule has 1 heterocycles. The van der Waals surface area contributed by atoms with Crippen LogP contribution < -0.4 is 21.9 Å². The summed E-state index contributed by atoms with van der Waals surface area (Å²) >= 11 is 0. The highest BCUT2D eigenvalue weighted by molar-refractivity contribution is 5.79. The first-order valence-electron chi connectivity index (χ1n) is 4.66. The number of aromatic nitrogens is 2. The first-order valence-corrected chi connectivity index (χ1v) is 4.66. The third kappa shape index (κ3) is 3.45. The molecule has 0 aliphatic heterocycles. The Labute approximate surface area is 99.9 Å². The van der Waals surface area contributed by atoms with Crippen molar-refractivity contribution in [3.05, 3.63) is 11.9 Å². The number of nitrogen functional groups attached to an aromatic ring is 1. The lowest BCUT2D eigenvalue weighted by Crippen LogP contribution is -2.31. The average Bonchev–Trinajstić information content (AvgIpc) is 2.26. The van der Waals surface area contributed by atoms with Crippen molar-refractivity contribution < 1.29 is 18.0 Å². The van der Waals surface area contributed by atoms with E-state index in [1.807, 2.05) is 5.43 Å². The molecule has 0 saturated heterocycles. The minimum absolute atomic E-state index is 0.121. The topological polar surface area (TPSA) is 110 Å². The molecule has 0 spiro atoms. The molecule has 1 aromatic heterocycles. The zero-order chi connectivity index (χ0) is 13.9. The highest BCUT2D eigenvalue weighted by Gasteiger charge is 2.35. The molecule has 0 aliphatic rings. The van der Waals surface area contributed by atoms with Crippen LogP contribution in [-0.4, -0.2) is 29.5 Å². The number of nitrogens with zero attached hydrogens (tertiary/aromatic N) is 3. The van der Waals surface area contributed by atoms with Crippen molar-refractivity contribution in [1.82, 2.24) is 9.97 Å². The number of carbonyl (C=O) groups excluding carboxylic acids is 1. The summed E-state index contributed by atoms with van der Waals surface area (Å²) in [5.41, 5.74) is 6.93. The second-order valence-electron chi connectivity index (χ2n) is 3.40. The number of primary amides is 1. The average molecular weight is 264 g/mol. The molecule has 5 N–H and O–H groups in total. The molecule has 100 valence electrons. The van der Waals surface area contributed by atoms with Crippen LogP contribution >= 0.6 is 0 Å². The summed E-state index contributed by atoms with van der Waals surface area (Å²) in [7, 11) is 1.37. The maximum absolute atomic E-state index is 12.5. The summed E-state index contributed by atoms with van der Waals surface area (Å²) in [5, 5.41) is 0. The number of alkyl halides is 3. The molecule has 0 unspecified atom stereocenters. The maximum Gasteiger partial charge on any atom is 0.451 e. The molecule has 7 nitrogen and oxygen atoms in total. The fraction of sp³-hybridized carbons (Fsp3) is 0.375. The minimum atomic E-state index is -4.71. The van der Waals surface area contributed by atoms with E-state index in [2.05, 4.69) is 9.97 Å². The summed E-state index contributed by atoms with van der Waals surface area (Å²) in [6.45, 7) is -0.279. The van der Waals surface area contributed by atoms with Crippen molar-refractivity contribution in [1.29, 1.82) is 0 Å². The van der Waals surface area contributed by atoms with Gasteiger partial charge in [0.25, 0.3) is 0 Å². The van der Waals surface area contributed by atoms with Gasteiger partial charge in [-0.25, -0.2) is 15.8 Å². The van der Waals surface area contributed by atoms with Gasteiger partial charge in [-0.2, -0.15) is 13.2 Å². The second-order valence-corrected chi connectivity index (χ2v) is 3.40. The van der Waals surface area contributed by atoms with Crippen molar-refractivity contribution >= 4 is 17.5 Å². The number of likely N-dealkylation sites (N-methyl/N-ethyl adjacent to an activating group) is 1. The van der Waals surface area contributed by atoms with Crippen molar-refractivity contribution in [2.45, 2.75) is 6.18 Å². The molecule has 0 aromatic carbocycles. The molecule has 0 saturated carbocycles. The summed E-state index contributed by atoms with van der Waals surface area (Å²) in [4.78, 5) is 18.3. The van der Waals surface area contributed by atoms with E-state index in [1.54, 1.807) is 0 Å². The predicted octanol–water partition coefficient (Wildman–Crippen LogP) is -0.298. The van der Waals surface area contributed by atoms with Crippen molar-refractivity contribution in [3.8, 4) is 0 Å². The maximum atomic E-state index is 12.5. The fourth-order valence-electron chi connectivity index (χ4n) is 1.15. The largest absolute Gasteiger partial charge is 0.451 e. The molecular formula is C8H11F3N6O. The number of hydrazine groups is 1. The van der Waals surface area contributed by atoms with Gasteiger partial charge in [0.15, 0.2) is 0 Å². The SMILES string of the molecule is CN(CC(N)=O)c1cc(NN)nc(C(F)(F)F)n1. The van der Waals surface area contributed by atoms with Crippen LogP contribution in [0.15, 0.2) is 6.07 Å². The van der Waals surface area contributed by atoms with Crippen LogP contribution in [-0.2, 0) is 11.0 Å². The van der Waals surface area contributed by atoms with E-state index >= 15 is 0 Å². The van der Waals surface area contributed by atoms with E-state index < -0.39 is 17.9 Å². The number of rotatable bonds is 4. The number of hydrogen-bond acceptors (Lipinski definition) is 6. The Morgan fingerprint density at radius 1 is 1.50 bits per heavy atom. The third-order valence-electron chi connectivity index (χ3n) is 1.90. The van der Waals surface area contributed by atoms with Crippen molar-refractivity contribution in [2.24, 2.45) is 11.6 Å². The monoisotopic (exact) mass is 264 g/mol. The van der Waals surface area contributed by atoms with Gasteiger partial charge >= 0.3 is 6.18 Å². The van der Waals surface area contributed by atoms with Crippen LogP contribution in [0.1, 0.15) is 5.82 Å². The van der Waals surface area contributed by atoms with Crippen LogP contribution in [0, 0.1) is 0 Å². The Morgan fingerprint density at radius 2 is 2.11 bits per heavy atom. The van der Waals surface area contributed by atoms with E-state index in [0.717, 1.165) is 11.0 Å². The van der Waals surface area contributed by atoms with Crippen molar-refractivity contribution in [2.75, 3.05) is 23.9 Å². The number of hydrogen-bond donors (Lipinski definition) is 3. The number of carbonyl (C=O) groups is 1. The smallest absolute Gasteiger partial charge is 0.368 e. The Morgan fingerprint density at radius 3 is 2.56 bits per heavy atom. The Balaban J connectivity index is 3.15.